The van der Waals surface area contributed by atoms with Gasteiger partial charge in [-0.15, -0.1) is 0 Å². The van der Waals surface area contributed by atoms with Crippen molar-refractivity contribution in [2.75, 3.05) is 19.6 Å². The van der Waals surface area contributed by atoms with E-state index in [-0.39, 0.29) is 24.7 Å². The number of nitrogens with zero attached hydrogens (tertiary/aromatic N) is 2. The lowest BCUT2D eigenvalue weighted by atomic mass is 9.85. The molecule has 1 saturated carbocycles. The Kier molecular flexibility index (Phi) is 5.04. The molecule has 0 bridgehead atoms. The molecule has 1 fully saturated rings. The summed E-state index contributed by atoms with van der Waals surface area (Å²) in [5.41, 5.74) is 2.56. The van der Waals surface area contributed by atoms with E-state index >= 15 is 0 Å². The fourth-order valence-corrected chi connectivity index (χ4v) is 3.61. The number of carboxylic acids is 1. The highest BCUT2D eigenvalue weighted by atomic mass is 16.4. The molecule has 1 aromatic carbocycles. The number of rotatable bonds is 5. The first-order valence-electron chi connectivity index (χ1n) is 8.65. The van der Waals surface area contributed by atoms with Crippen LogP contribution in [0.1, 0.15) is 30.9 Å². The minimum Gasteiger partial charge on any atom is -0.480 e. The van der Waals surface area contributed by atoms with E-state index in [9.17, 15) is 9.59 Å². The number of urea groups is 1. The van der Waals surface area contributed by atoms with E-state index in [0.717, 1.165) is 32.4 Å². The highest BCUT2D eigenvalue weighted by Gasteiger charge is 2.35. The zero-order valence-corrected chi connectivity index (χ0v) is 14.1. The Morgan fingerprint density at radius 1 is 1.29 bits per heavy atom. The molecule has 1 aliphatic heterocycles. The number of aliphatic carboxylic acids is 1. The van der Waals surface area contributed by atoms with Crippen LogP contribution in [0.4, 0.5) is 4.79 Å². The molecule has 1 aliphatic carbocycles. The Bertz CT molecular complexity index is 613. The van der Waals surface area contributed by atoms with E-state index < -0.39 is 5.97 Å². The average molecular weight is 331 g/mol. The SMILES string of the molecule is CCN(CC(=O)O)C1CC(NC(=O)N2CCc3ccccc3C2)C1. The molecule has 0 unspecified atom stereocenters. The molecule has 1 aromatic rings. The van der Waals surface area contributed by atoms with Gasteiger partial charge in [0, 0.05) is 25.2 Å². The topological polar surface area (TPSA) is 72.9 Å². The summed E-state index contributed by atoms with van der Waals surface area (Å²) in [7, 11) is 0. The van der Waals surface area contributed by atoms with Gasteiger partial charge in [-0.05, 0) is 36.9 Å². The first-order valence-corrected chi connectivity index (χ1v) is 8.65. The molecule has 2 aliphatic rings. The third kappa shape index (κ3) is 3.70. The second kappa shape index (κ2) is 7.21. The number of hydrogen-bond donors (Lipinski definition) is 2. The maximum atomic E-state index is 12.4. The minimum atomic E-state index is -0.795. The normalized spacial score (nSPS) is 22.7. The van der Waals surface area contributed by atoms with Crippen LogP contribution in [0.25, 0.3) is 0 Å². The van der Waals surface area contributed by atoms with Crippen LogP contribution in [0.15, 0.2) is 24.3 Å². The van der Waals surface area contributed by atoms with Gasteiger partial charge in [-0.1, -0.05) is 31.2 Å². The van der Waals surface area contributed by atoms with Gasteiger partial charge in [0.15, 0.2) is 0 Å². The molecule has 6 nitrogen and oxygen atoms in total. The van der Waals surface area contributed by atoms with E-state index in [2.05, 4.69) is 17.4 Å². The van der Waals surface area contributed by atoms with Crippen LogP contribution in [0.2, 0.25) is 0 Å². The third-order valence-corrected chi connectivity index (χ3v) is 5.12. The van der Waals surface area contributed by atoms with Crippen molar-refractivity contribution < 1.29 is 14.7 Å². The van der Waals surface area contributed by atoms with Gasteiger partial charge in [0.1, 0.15) is 0 Å². The summed E-state index contributed by atoms with van der Waals surface area (Å²) in [6, 6.07) is 8.68. The lowest BCUT2D eigenvalue weighted by Crippen LogP contribution is -2.57. The number of amides is 2. The van der Waals surface area contributed by atoms with E-state index in [1.54, 1.807) is 0 Å². The zero-order chi connectivity index (χ0) is 17.1. The molecule has 1 heterocycles. The van der Waals surface area contributed by atoms with Crippen LogP contribution in [0.3, 0.4) is 0 Å². The number of fused-ring (bicyclic) bond motifs is 1. The Morgan fingerprint density at radius 3 is 2.67 bits per heavy atom. The van der Waals surface area contributed by atoms with Crippen LogP contribution < -0.4 is 5.32 Å². The fourth-order valence-electron chi connectivity index (χ4n) is 3.61. The molecule has 0 radical (unpaired) electrons. The Balaban J connectivity index is 1.47. The van der Waals surface area contributed by atoms with Crippen molar-refractivity contribution in [1.82, 2.24) is 15.1 Å². The number of likely N-dealkylation sites (N-methyl/N-ethyl adjacent to an activating group) is 1. The molecule has 0 aromatic heterocycles. The van der Waals surface area contributed by atoms with Gasteiger partial charge in [0.05, 0.1) is 6.54 Å². The third-order valence-electron chi connectivity index (χ3n) is 5.12. The predicted octanol–water partition coefficient (Wildman–Crippen LogP) is 1.69. The molecular weight excluding hydrogens is 306 g/mol. The van der Waals surface area contributed by atoms with Crippen LogP contribution >= 0.6 is 0 Å². The van der Waals surface area contributed by atoms with Crippen LogP contribution in [0.5, 0.6) is 0 Å². The number of carbonyl (C=O) groups is 2. The van der Waals surface area contributed by atoms with Crippen molar-refractivity contribution in [3.05, 3.63) is 35.4 Å². The Labute approximate surface area is 142 Å². The molecule has 130 valence electrons. The number of carbonyl (C=O) groups excluding carboxylic acids is 1. The smallest absolute Gasteiger partial charge is 0.317 e. The van der Waals surface area contributed by atoms with Gasteiger partial charge < -0.3 is 15.3 Å². The first kappa shape index (κ1) is 16.8. The molecule has 0 saturated heterocycles. The van der Waals surface area contributed by atoms with E-state index in [4.69, 9.17) is 5.11 Å². The van der Waals surface area contributed by atoms with Crippen LogP contribution in [0, 0.1) is 0 Å². The molecular formula is C18H25N3O3. The molecule has 0 atom stereocenters. The van der Waals surface area contributed by atoms with Gasteiger partial charge in [-0.3, -0.25) is 9.69 Å². The maximum absolute atomic E-state index is 12.4. The maximum Gasteiger partial charge on any atom is 0.317 e. The van der Waals surface area contributed by atoms with Crippen molar-refractivity contribution >= 4 is 12.0 Å². The first-order chi connectivity index (χ1) is 11.6. The summed E-state index contributed by atoms with van der Waals surface area (Å²) >= 11 is 0. The van der Waals surface area contributed by atoms with Gasteiger partial charge in [0.2, 0.25) is 0 Å². The average Bonchev–Trinajstić information content (AvgIpc) is 2.55. The second-order valence-corrected chi connectivity index (χ2v) is 6.67. The van der Waals surface area contributed by atoms with Crippen molar-refractivity contribution in [3.8, 4) is 0 Å². The van der Waals surface area contributed by atoms with E-state index in [0.29, 0.717) is 6.54 Å². The highest BCUT2D eigenvalue weighted by molar-refractivity contribution is 5.75. The molecule has 3 rings (SSSR count). The summed E-state index contributed by atoms with van der Waals surface area (Å²) in [5, 5.41) is 12.0. The molecule has 0 spiro atoms. The number of benzene rings is 1. The van der Waals surface area contributed by atoms with E-state index in [1.807, 2.05) is 28.9 Å². The lowest BCUT2D eigenvalue weighted by molar-refractivity contribution is -0.139. The van der Waals surface area contributed by atoms with Crippen molar-refractivity contribution in [3.63, 3.8) is 0 Å². The van der Waals surface area contributed by atoms with Crippen molar-refractivity contribution in [2.24, 2.45) is 0 Å². The summed E-state index contributed by atoms with van der Waals surface area (Å²) in [4.78, 5) is 27.1. The quantitative estimate of drug-likeness (QED) is 0.861. The van der Waals surface area contributed by atoms with Crippen LogP contribution in [-0.4, -0.2) is 58.6 Å². The molecule has 2 amide bonds. The number of nitrogens with one attached hydrogen (secondary N) is 1. The Morgan fingerprint density at radius 2 is 2.00 bits per heavy atom. The molecule has 6 heteroatoms. The minimum absolute atomic E-state index is 0.00534. The largest absolute Gasteiger partial charge is 0.480 e. The summed E-state index contributed by atoms with van der Waals surface area (Å²) < 4.78 is 0. The monoisotopic (exact) mass is 331 g/mol. The van der Waals surface area contributed by atoms with Gasteiger partial charge in [-0.25, -0.2) is 4.79 Å². The van der Waals surface area contributed by atoms with Gasteiger partial charge >= 0.3 is 12.0 Å². The van der Waals surface area contributed by atoms with Gasteiger partial charge in [0.25, 0.3) is 0 Å². The second-order valence-electron chi connectivity index (χ2n) is 6.67. The number of carboxylic acid groups (broad SMARTS) is 1. The van der Waals surface area contributed by atoms with E-state index in [1.165, 1.54) is 11.1 Å². The molecule has 24 heavy (non-hydrogen) atoms. The van der Waals surface area contributed by atoms with Gasteiger partial charge in [-0.2, -0.15) is 0 Å². The van der Waals surface area contributed by atoms with Crippen molar-refractivity contribution in [2.45, 2.75) is 44.8 Å². The summed E-state index contributed by atoms with van der Waals surface area (Å²) in [6.07, 6.45) is 2.56. The summed E-state index contributed by atoms with van der Waals surface area (Å²) in [5.74, 6) is -0.795. The van der Waals surface area contributed by atoms with Crippen LogP contribution in [-0.2, 0) is 17.8 Å². The van der Waals surface area contributed by atoms with Crippen molar-refractivity contribution in [1.29, 1.82) is 0 Å². The fraction of sp³-hybridized carbons (Fsp3) is 0.556. The standard InChI is InChI=1S/C18H25N3O3/c1-2-20(12-17(22)23)16-9-15(10-16)19-18(24)21-8-7-13-5-3-4-6-14(13)11-21/h3-6,15-16H,2,7-12H2,1H3,(H,19,24)(H,22,23). The summed E-state index contributed by atoms with van der Waals surface area (Å²) in [6.45, 7) is 4.18. The molecule has 2 N–H and O–H groups in total. The predicted molar refractivity (Wildman–Crippen MR) is 90.8 cm³/mol. The number of hydrogen-bond acceptors (Lipinski definition) is 3. The zero-order valence-electron chi connectivity index (χ0n) is 14.1. The Hall–Kier alpha value is -2.08. The lowest BCUT2D eigenvalue weighted by Gasteiger charge is -2.43. The highest BCUT2D eigenvalue weighted by Crippen LogP contribution is 2.26.